The smallest absolute Gasteiger partial charge is 0.264 e. The van der Waals surface area contributed by atoms with E-state index in [9.17, 15) is 17.6 Å². The molecule has 1 amide bonds. The van der Waals surface area contributed by atoms with Crippen LogP contribution in [0.25, 0.3) is 0 Å². The molecule has 3 rings (SSSR count). The van der Waals surface area contributed by atoms with Gasteiger partial charge in [0.2, 0.25) is 0 Å². The molecular formula is C22H18Cl2FN3O3S. The topological polar surface area (TPSA) is 78.8 Å². The summed E-state index contributed by atoms with van der Waals surface area (Å²) in [6, 6.07) is 15.9. The van der Waals surface area contributed by atoms with Crippen LogP contribution in [0.4, 0.5) is 10.1 Å². The van der Waals surface area contributed by atoms with Gasteiger partial charge in [0.15, 0.2) is 0 Å². The highest BCUT2D eigenvalue weighted by Gasteiger charge is 2.27. The number of hydrogen-bond donors (Lipinski definition) is 1. The number of nitrogens with zero attached hydrogens (tertiary/aromatic N) is 2. The number of hydrogen-bond acceptors (Lipinski definition) is 4. The maximum absolute atomic E-state index is 13.3. The molecule has 166 valence electrons. The number of nitrogens with one attached hydrogen (secondary N) is 1. The third-order valence-corrected chi connectivity index (χ3v) is 6.53. The van der Waals surface area contributed by atoms with Gasteiger partial charge in [0, 0.05) is 10.0 Å². The highest BCUT2D eigenvalue weighted by atomic mass is 35.5. The van der Waals surface area contributed by atoms with Crippen molar-refractivity contribution in [1.29, 1.82) is 0 Å². The minimum atomic E-state index is -4.12. The van der Waals surface area contributed by atoms with Gasteiger partial charge in [-0.15, -0.1) is 0 Å². The summed E-state index contributed by atoms with van der Waals surface area (Å²) in [5, 5.41) is 4.23. The number of carbonyl (C=O) groups is 1. The van der Waals surface area contributed by atoms with E-state index in [1.807, 2.05) is 6.92 Å². The Balaban J connectivity index is 1.87. The summed E-state index contributed by atoms with van der Waals surface area (Å²) in [6.45, 7) is 1.26. The molecule has 32 heavy (non-hydrogen) atoms. The van der Waals surface area contributed by atoms with Crippen molar-refractivity contribution in [2.24, 2.45) is 5.10 Å². The van der Waals surface area contributed by atoms with Crippen LogP contribution in [0.2, 0.25) is 10.0 Å². The second-order valence-corrected chi connectivity index (χ2v) is 9.53. The van der Waals surface area contributed by atoms with Gasteiger partial charge in [0.05, 0.1) is 16.8 Å². The molecule has 1 N–H and O–H groups in total. The molecule has 0 spiro atoms. The number of rotatable bonds is 7. The van der Waals surface area contributed by atoms with Crippen LogP contribution >= 0.6 is 23.2 Å². The molecule has 0 aliphatic heterocycles. The maximum Gasteiger partial charge on any atom is 0.264 e. The van der Waals surface area contributed by atoms with Gasteiger partial charge in [-0.1, -0.05) is 53.0 Å². The Morgan fingerprint density at radius 3 is 2.22 bits per heavy atom. The number of sulfonamides is 1. The molecule has 0 aliphatic rings. The fourth-order valence-electron chi connectivity index (χ4n) is 2.73. The fourth-order valence-corrected chi connectivity index (χ4v) is 4.65. The minimum absolute atomic E-state index is 0.00168. The lowest BCUT2D eigenvalue weighted by Crippen LogP contribution is -2.39. The zero-order valence-corrected chi connectivity index (χ0v) is 19.1. The monoisotopic (exact) mass is 493 g/mol. The van der Waals surface area contributed by atoms with Crippen molar-refractivity contribution in [2.75, 3.05) is 10.8 Å². The van der Waals surface area contributed by atoms with E-state index in [2.05, 4.69) is 10.5 Å². The third-order valence-electron chi connectivity index (χ3n) is 4.30. The maximum atomic E-state index is 13.3. The zero-order valence-electron chi connectivity index (χ0n) is 16.8. The van der Waals surface area contributed by atoms with Gasteiger partial charge in [-0.3, -0.25) is 9.10 Å². The van der Waals surface area contributed by atoms with Gasteiger partial charge in [-0.2, -0.15) is 5.10 Å². The summed E-state index contributed by atoms with van der Waals surface area (Å²) in [4.78, 5) is 12.5. The van der Waals surface area contributed by atoms with Crippen LogP contribution in [0.5, 0.6) is 0 Å². The first-order chi connectivity index (χ1) is 15.1. The number of benzene rings is 3. The Labute approximate surface area is 195 Å². The van der Waals surface area contributed by atoms with Gasteiger partial charge >= 0.3 is 0 Å². The Morgan fingerprint density at radius 1 is 1.03 bits per heavy atom. The lowest BCUT2D eigenvalue weighted by atomic mass is 10.2. The quantitative estimate of drug-likeness (QED) is 0.379. The van der Waals surface area contributed by atoms with E-state index in [4.69, 9.17) is 23.2 Å². The number of aryl methyl sites for hydroxylation is 1. The van der Waals surface area contributed by atoms with Crippen LogP contribution in [0.3, 0.4) is 0 Å². The van der Waals surface area contributed by atoms with Gasteiger partial charge in [-0.25, -0.2) is 18.2 Å². The van der Waals surface area contributed by atoms with E-state index in [0.29, 0.717) is 5.56 Å². The van der Waals surface area contributed by atoms with E-state index >= 15 is 0 Å². The Hall–Kier alpha value is -2.94. The molecule has 0 heterocycles. The molecule has 0 atom stereocenters. The van der Waals surface area contributed by atoms with Crippen molar-refractivity contribution in [1.82, 2.24) is 5.43 Å². The highest BCUT2D eigenvalue weighted by Crippen LogP contribution is 2.29. The summed E-state index contributed by atoms with van der Waals surface area (Å²) in [5.41, 5.74) is 3.83. The van der Waals surface area contributed by atoms with Crippen molar-refractivity contribution in [3.8, 4) is 0 Å². The summed E-state index contributed by atoms with van der Waals surface area (Å²) in [5.74, 6) is -1.10. The number of carbonyl (C=O) groups excluding carboxylic acids is 1. The number of halogens is 3. The lowest BCUT2D eigenvalue weighted by molar-refractivity contribution is -0.119. The van der Waals surface area contributed by atoms with E-state index < -0.39 is 28.3 Å². The van der Waals surface area contributed by atoms with Crippen LogP contribution in [-0.4, -0.2) is 27.1 Å². The van der Waals surface area contributed by atoms with Crippen molar-refractivity contribution in [2.45, 2.75) is 11.8 Å². The van der Waals surface area contributed by atoms with Crippen LogP contribution in [0, 0.1) is 12.7 Å². The molecule has 3 aromatic rings. The molecule has 0 saturated heterocycles. The van der Waals surface area contributed by atoms with E-state index in [1.165, 1.54) is 60.8 Å². The Kier molecular flexibility index (Phi) is 7.50. The molecule has 0 radical (unpaired) electrons. The third kappa shape index (κ3) is 6.06. The number of hydrazone groups is 1. The van der Waals surface area contributed by atoms with Crippen molar-refractivity contribution < 1.29 is 17.6 Å². The van der Waals surface area contributed by atoms with E-state index in [0.717, 1.165) is 9.87 Å². The minimum Gasteiger partial charge on any atom is -0.271 e. The van der Waals surface area contributed by atoms with Gasteiger partial charge in [0.25, 0.3) is 15.9 Å². The van der Waals surface area contributed by atoms with Gasteiger partial charge in [-0.05, 0) is 55.0 Å². The summed E-state index contributed by atoms with van der Waals surface area (Å²) >= 11 is 12.1. The predicted molar refractivity (Wildman–Crippen MR) is 124 cm³/mol. The molecule has 0 unspecified atom stereocenters. The number of amides is 1. The molecule has 0 aliphatic carbocycles. The second kappa shape index (κ2) is 10.1. The molecule has 0 saturated carbocycles. The lowest BCUT2D eigenvalue weighted by Gasteiger charge is -2.24. The van der Waals surface area contributed by atoms with Gasteiger partial charge < -0.3 is 0 Å². The molecule has 0 bridgehead atoms. The molecule has 3 aromatic carbocycles. The summed E-state index contributed by atoms with van der Waals surface area (Å²) < 4.78 is 40.5. The van der Waals surface area contributed by atoms with Crippen LogP contribution < -0.4 is 9.73 Å². The van der Waals surface area contributed by atoms with Crippen molar-refractivity contribution in [3.05, 3.63) is 93.7 Å². The van der Waals surface area contributed by atoms with Crippen molar-refractivity contribution in [3.63, 3.8) is 0 Å². The zero-order chi connectivity index (χ0) is 23.3. The number of anilines is 1. The van der Waals surface area contributed by atoms with Crippen LogP contribution in [0.1, 0.15) is 11.1 Å². The molecule has 10 heteroatoms. The summed E-state index contributed by atoms with van der Waals surface area (Å²) in [7, 11) is -4.12. The van der Waals surface area contributed by atoms with E-state index in [1.54, 1.807) is 12.1 Å². The highest BCUT2D eigenvalue weighted by molar-refractivity contribution is 7.92. The largest absolute Gasteiger partial charge is 0.271 e. The molecular weight excluding hydrogens is 476 g/mol. The second-order valence-electron chi connectivity index (χ2n) is 6.80. The Bertz CT molecular complexity index is 1230. The first kappa shape index (κ1) is 23.7. The predicted octanol–water partition coefficient (Wildman–Crippen LogP) is 4.79. The standard InChI is InChI=1S/C22H18Cl2FN3O3S/c1-15-2-8-21(9-3-15)32(30,31)28(20-11-17(23)10-18(24)12-20)14-22(29)27-26-13-16-4-6-19(25)7-5-16/h2-13H,14H2,1H3,(H,27,29)/b26-13-. The van der Waals surface area contributed by atoms with Crippen LogP contribution in [-0.2, 0) is 14.8 Å². The van der Waals surface area contributed by atoms with Crippen molar-refractivity contribution >= 4 is 51.0 Å². The average Bonchev–Trinajstić information content (AvgIpc) is 2.73. The normalized spacial score (nSPS) is 11.5. The average molecular weight is 494 g/mol. The molecule has 0 aromatic heterocycles. The Morgan fingerprint density at radius 2 is 1.62 bits per heavy atom. The summed E-state index contributed by atoms with van der Waals surface area (Å²) in [6.07, 6.45) is 1.31. The molecule has 6 nitrogen and oxygen atoms in total. The molecule has 0 fully saturated rings. The van der Waals surface area contributed by atoms with E-state index in [-0.39, 0.29) is 20.6 Å². The SMILES string of the molecule is Cc1ccc(S(=O)(=O)N(CC(=O)N/N=C\c2ccc(F)cc2)c2cc(Cl)cc(Cl)c2)cc1. The first-order valence-corrected chi connectivity index (χ1v) is 11.5. The van der Waals surface area contributed by atoms with Gasteiger partial charge in [0.1, 0.15) is 12.4 Å². The first-order valence-electron chi connectivity index (χ1n) is 9.28. The fraction of sp³-hybridized carbons (Fsp3) is 0.0909. The van der Waals surface area contributed by atoms with Crippen LogP contribution in [0.15, 0.2) is 76.7 Å².